The number of hydrogen-bond acceptors (Lipinski definition) is 4. The summed E-state index contributed by atoms with van der Waals surface area (Å²) in [5.41, 5.74) is -1.42. The number of halogens is 1. The predicted molar refractivity (Wildman–Crippen MR) is 78.9 cm³/mol. The minimum Gasteiger partial charge on any atom is -0.300 e. The molecule has 118 valence electrons. The summed E-state index contributed by atoms with van der Waals surface area (Å²) in [4.78, 5) is 23.4. The lowest BCUT2D eigenvalue weighted by molar-refractivity contribution is 0.583. The van der Waals surface area contributed by atoms with E-state index >= 15 is 0 Å². The van der Waals surface area contributed by atoms with Crippen molar-refractivity contribution in [3.8, 4) is 0 Å². The molecule has 0 fully saturated rings. The van der Waals surface area contributed by atoms with E-state index in [1.165, 1.54) is 33.2 Å². The molecule has 0 spiro atoms. The molecule has 0 aliphatic rings. The van der Waals surface area contributed by atoms with Gasteiger partial charge in [0.25, 0.3) is 15.6 Å². The Labute approximate surface area is 125 Å². The van der Waals surface area contributed by atoms with E-state index in [4.69, 9.17) is 0 Å². The Bertz CT molecular complexity index is 943. The number of hydrogen-bond donors (Lipinski definition) is 1. The van der Waals surface area contributed by atoms with Crippen molar-refractivity contribution in [3.05, 3.63) is 56.6 Å². The molecule has 2 aromatic rings. The minimum atomic E-state index is -4.21. The maximum absolute atomic E-state index is 12.9. The Kier molecular flexibility index (Phi) is 3.92. The van der Waals surface area contributed by atoms with E-state index in [0.717, 1.165) is 16.7 Å². The summed E-state index contributed by atoms with van der Waals surface area (Å²) in [5.74, 6) is -0.517. The van der Waals surface area contributed by atoms with Crippen molar-refractivity contribution in [1.29, 1.82) is 0 Å². The van der Waals surface area contributed by atoms with Crippen LogP contribution in [-0.2, 0) is 24.1 Å². The Morgan fingerprint density at radius 1 is 1.05 bits per heavy atom. The molecule has 1 heterocycles. The highest BCUT2D eigenvalue weighted by Crippen LogP contribution is 2.15. The molecule has 1 N–H and O–H groups in total. The van der Waals surface area contributed by atoms with Gasteiger partial charge in [0, 0.05) is 25.5 Å². The summed E-state index contributed by atoms with van der Waals surface area (Å²) in [5, 5.41) is 0. The molecule has 22 heavy (non-hydrogen) atoms. The highest BCUT2D eigenvalue weighted by molar-refractivity contribution is 7.92. The molecule has 0 atom stereocenters. The van der Waals surface area contributed by atoms with Crippen molar-refractivity contribution in [2.45, 2.75) is 11.8 Å². The summed E-state index contributed by atoms with van der Waals surface area (Å²) in [6.07, 6.45) is 0. The molecule has 0 aliphatic heterocycles. The fourth-order valence-electron chi connectivity index (χ4n) is 1.95. The number of nitrogens with one attached hydrogen (secondary N) is 1. The van der Waals surface area contributed by atoms with Crippen molar-refractivity contribution in [2.75, 3.05) is 4.72 Å². The van der Waals surface area contributed by atoms with E-state index in [-0.39, 0.29) is 11.4 Å². The molecule has 9 heteroatoms. The van der Waals surface area contributed by atoms with Gasteiger partial charge in [0.05, 0.1) is 0 Å². The van der Waals surface area contributed by atoms with Gasteiger partial charge in [-0.2, -0.15) is 0 Å². The average molecular weight is 327 g/mol. The summed E-state index contributed by atoms with van der Waals surface area (Å²) < 4.78 is 41.7. The van der Waals surface area contributed by atoms with Crippen LogP contribution in [0.4, 0.5) is 10.1 Å². The lowest BCUT2D eigenvalue weighted by Crippen LogP contribution is -2.42. The summed E-state index contributed by atoms with van der Waals surface area (Å²) in [6.45, 7) is 1.36. The standard InChI is InChI=1S/C13H14FN3O4S/c1-8-11(12(18)17(3)13(19)16(8)2)22(20,21)15-10-6-4-9(14)5-7-10/h4-7,15H,1-3H3. The van der Waals surface area contributed by atoms with Gasteiger partial charge in [0.2, 0.25) is 0 Å². The van der Waals surface area contributed by atoms with Gasteiger partial charge >= 0.3 is 5.69 Å². The number of sulfonamides is 1. The minimum absolute atomic E-state index is 0.0164. The second-order valence-electron chi connectivity index (χ2n) is 4.73. The van der Waals surface area contributed by atoms with Gasteiger partial charge in [-0.25, -0.2) is 17.6 Å². The van der Waals surface area contributed by atoms with Gasteiger partial charge in [-0.3, -0.25) is 18.7 Å². The van der Waals surface area contributed by atoms with Crippen molar-refractivity contribution >= 4 is 15.7 Å². The fourth-order valence-corrected chi connectivity index (χ4v) is 3.39. The Morgan fingerprint density at radius 3 is 2.14 bits per heavy atom. The van der Waals surface area contributed by atoms with E-state index < -0.39 is 32.0 Å². The molecule has 0 saturated heterocycles. The molecule has 2 rings (SSSR count). The van der Waals surface area contributed by atoms with Crippen LogP contribution in [0.1, 0.15) is 5.69 Å². The van der Waals surface area contributed by atoms with Crippen LogP contribution in [0.25, 0.3) is 0 Å². The second kappa shape index (κ2) is 5.41. The molecule has 1 aromatic heterocycles. The van der Waals surface area contributed by atoms with Gasteiger partial charge in [-0.15, -0.1) is 0 Å². The van der Waals surface area contributed by atoms with Crippen LogP contribution in [0, 0.1) is 12.7 Å². The fraction of sp³-hybridized carbons (Fsp3) is 0.231. The molecule has 0 unspecified atom stereocenters. The van der Waals surface area contributed by atoms with E-state index in [2.05, 4.69) is 4.72 Å². The highest BCUT2D eigenvalue weighted by Gasteiger charge is 2.25. The zero-order valence-corrected chi connectivity index (χ0v) is 12.9. The average Bonchev–Trinajstić information content (AvgIpc) is 2.45. The summed E-state index contributed by atoms with van der Waals surface area (Å²) >= 11 is 0. The van der Waals surface area contributed by atoms with Crippen molar-refractivity contribution in [3.63, 3.8) is 0 Å². The molecule has 7 nitrogen and oxygen atoms in total. The molecule has 0 bridgehead atoms. The van der Waals surface area contributed by atoms with Crippen LogP contribution in [-0.4, -0.2) is 17.6 Å². The Morgan fingerprint density at radius 2 is 1.59 bits per heavy atom. The molecule has 0 amide bonds. The van der Waals surface area contributed by atoms with E-state index in [1.54, 1.807) is 0 Å². The quantitative estimate of drug-likeness (QED) is 0.880. The molecular weight excluding hydrogens is 313 g/mol. The lowest BCUT2D eigenvalue weighted by Gasteiger charge is -2.13. The van der Waals surface area contributed by atoms with E-state index in [1.807, 2.05) is 0 Å². The normalized spacial score (nSPS) is 11.5. The lowest BCUT2D eigenvalue weighted by atomic mass is 10.3. The van der Waals surface area contributed by atoms with Crippen LogP contribution in [0.5, 0.6) is 0 Å². The summed E-state index contributed by atoms with van der Waals surface area (Å²) in [6, 6.07) is 4.64. The Balaban J connectivity index is 2.62. The van der Waals surface area contributed by atoms with Gasteiger partial charge in [0.15, 0.2) is 4.90 Å². The first kappa shape index (κ1) is 16.0. The number of benzene rings is 1. The van der Waals surface area contributed by atoms with Gasteiger partial charge in [-0.05, 0) is 31.2 Å². The smallest absolute Gasteiger partial charge is 0.300 e. The first-order valence-corrected chi connectivity index (χ1v) is 7.68. The zero-order chi connectivity index (χ0) is 16.7. The third kappa shape index (κ3) is 2.67. The van der Waals surface area contributed by atoms with E-state index in [9.17, 15) is 22.4 Å². The highest BCUT2D eigenvalue weighted by atomic mass is 32.2. The van der Waals surface area contributed by atoms with Crippen molar-refractivity contribution < 1.29 is 12.8 Å². The third-order valence-corrected chi connectivity index (χ3v) is 4.78. The number of rotatable bonds is 3. The maximum atomic E-state index is 12.9. The zero-order valence-electron chi connectivity index (χ0n) is 12.1. The molecular formula is C13H14FN3O4S. The molecule has 0 radical (unpaired) electrons. The number of aromatic nitrogens is 2. The van der Waals surface area contributed by atoms with Crippen molar-refractivity contribution in [1.82, 2.24) is 9.13 Å². The largest absolute Gasteiger partial charge is 0.330 e. The molecule has 0 saturated carbocycles. The SMILES string of the molecule is Cc1c(S(=O)(=O)Nc2ccc(F)cc2)c(=O)n(C)c(=O)n1C. The van der Waals surface area contributed by atoms with E-state index in [0.29, 0.717) is 4.57 Å². The van der Waals surface area contributed by atoms with Gasteiger partial charge in [-0.1, -0.05) is 0 Å². The molecule has 0 aliphatic carbocycles. The monoisotopic (exact) mass is 327 g/mol. The van der Waals surface area contributed by atoms with Crippen LogP contribution >= 0.6 is 0 Å². The van der Waals surface area contributed by atoms with Crippen LogP contribution < -0.4 is 16.0 Å². The topological polar surface area (TPSA) is 90.2 Å². The van der Waals surface area contributed by atoms with Crippen LogP contribution in [0.2, 0.25) is 0 Å². The first-order chi connectivity index (χ1) is 10.1. The molecule has 1 aromatic carbocycles. The third-order valence-electron chi connectivity index (χ3n) is 3.27. The first-order valence-electron chi connectivity index (χ1n) is 6.20. The Hall–Kier alpha value is -2.42. The summed E-state index contributed by atoms with van der Waals surface area (Å²) in [7, 11) is -1.65. The maximum Gasteiger partial charge on any atom is 0.330 e. The predicted octanol–water partition coefficient (Wildman–Crippen LogP) is 0.332. The number of anilines is 1. The number of nitrogens with zero attached hydrogens (tertiary/aromatic N) is 2. The van der Waals surface area contributed by atoms with Gasteiger partial charge < -0.3 is 0 Å². The van der Waals surface area contributed by atoms with Crippen LogP contribution in [0.3, 0.4) is 0 Å². The van der Waals surface area contributed by atoms with Crippen LogP contribution in [0.15, 0.2) is 38.8 Å². The second-order valence-corrected chi connectivity index (χ2v) is 6.35. The van der Waals surface area contributed by atoms with Gasteiger partial charge in [0.1, 0.15) is 5.82 Å². The van der Waals surface area contributed by atoms with Crippen molar-refractivity contribution in [2.24, 2.45) is 14.1 Å².